The molecule has 2 N–H and O–H groups in total. The summed E-state index contributed by atoms with van der Waals surface area (Å²) >= 11 is 0. The summed E-state index contributed by atoms with van der Waals surface area (Å²) in [6, 6.07) is 22.2. The van der Waals surface area contributed by atoms with Crippen LogP contribution < -0.4 is 20.3 Å². The molecule has 0 bridgehead atoms. The summed E-state index contributed by atoms with van der Waals surface area (Å²) in [7, 11) is 2.73. The number of hydrogen-bond acceptors (Lipinski definition) is 6. The lowest BCUT2D eigenvalue weighted by molar-refractivity contribution is 0.0947. The van der Waals surface area contributed by atoms with Gasteiger partial charge in [-0.2, -0.15) is 10.2 Å². The molecule has 8 nitrogen and oxygen atoms in total. The number of carbonyl (C=O) groups excluding carboxylic acids is 2. The number of carbonyl (C=O) groups is 2. The maximum Gasteiger partial charge on any atom is 0.271 e. The fourth-order valence-electron chi connectivity index (χ4n) is 3.60. The molecule has 0 heterocycles. The molecule has 0 saturated heterocycles. The number of methoxy groups -OCH3 is 2. The van der Waals surface area contributed by atoms with Crippen LogP contribution in [0.3, 0.4) is 0 Å². The van der Waals surface area contributed by atoms with Crippen LogP contribution in [-0.4, -0.2) is 38.5 Å². The fraction of sp³-hybridized carbons (Fsp3) is 0.125. The van der Waals surface area contributed by atoms with Gasteiger partial charge >= 0.3 is 0 Å². The summed E-state index contributed by atoms with van der Waals surface area (Å²) in [6.45, 7) is 4.00. The van der Waals surface area contributed by atoms with Gasteiger partial charge in [-0.1, -0.05) is 50.2 Å². The number of nitrogens with one attached hydrogen (secondary N) is 2. The van der Waals surface area contributed by atoms with Gasteiger partial charge in [-0.25, -0.2) is 19.6 Å². The lowest BCUT2D eigenvalue weighted by Gasteiger charge is -2.06. The Bertz CT molecular complexity index is 1450. The second-order valence-electron chi connectivity index (χ2n) is 8.34. The van der Waals surface area contributed by atoms with Crippen LogP contribution in [0, 0.1) is 11.6 Å². The summed E-state index contributed by atoms with van der Waals surface area (Å²) in [5, 5.41) is 7.82. The molecule has 0 radical (unpaired) electrons. The number of hydrogen-bond donors (Lipinski definition) is 2. The Labute approximate surface area is 242 Å². The van der Waals surface area contributed by atoms with Crippen molar-refractivity contribution in [2.45, 2.75) is 13.8 Å². The second-order valence-corrected chi connectivity index (χ2v) is 8.34. The van der Waals surface area contributed by atoms with E-state index in [0.717, 1.165) is 11.1 Å². The average Bonchev–Trinajstić information content (AvgIpc) is 3.03. The quantitative estimate of drug-likeness (QED) is 0.184. The molecule has 0 unspecified atom stereocenters. The van der Waals surface area contributed by atoms with E-state index in [9.17, 15) is 18.4 Å². The van der Waals surface area contributed by atoms with Gasteiger partial charge in [0.2, 0.25) is 0 Å². The number of hydrazone groups is 2. The van der Waals surface area contributed by atoms with Crippen LogP contribution in [0.4, 0.5) is 8.78 Å². The first-order valence-corrected chi connectivity index (χ1v) is 12.9. The molecule has 0 aliphatic carbocycles. The Morgan fingerprint density at radius 1 is 0.619 bits per heavy atom. The van der Waals surface area contributed by atoms with Crippen LogP contribution in [0.2, 0.25) is 0 Å². The molecule has 0 fully saturated rings. The van der Waals surface area contributed by atoms with E-state index in [4.69, 9.17) is 9.47 Å². The predicted octanol–water partition coefficient (Wildman–Crippen LogP) is 6.20. The van der Waals surface area contributed by atoms with Gasteiger partial charge in [-0.15, -0.1) is 0 Å². The van der Waals surface area contributed by atoms with E-state index in [1.807, 2.05) is 13.8 Å². The average molecular weight is 573 g/mol. The van der Waals surface area contributed by atoms with Crippen molar-refractivity contribution in [1.82, 2.24) is 10.9 Å². The summed E-state index contributed by atoms with van der Waals surface area (Å²) in [5.74, 6) is -1.65. The third-order valence-electron chi connectivity index (χ3n) is 5.74. The Balaban J connectivity index is 0.00000237. The van der Waals surface area contributed by atoms with Crippen molar-refractivity contribution in [3.05, 3.63) is 119 Å². The molecule has 42 heavy (non-hydrogen) atoms. The van der Waals surface area contributed by atoms with Gasteiger partial charge in [0, 0.05) is 11.1 Å². The highest BCUT2D eigenvalue weighted by Gasteiger charge is 2.08. The Hall–Kier alpha value is -5.38. The minimum absolute atomic E-state index is 0.0799. The first-order chi connectivity index (χ1) is 20.4. The zero-order valence-corrected chi connectivity index (χ0v) is 23.5. The second kappa shape index (κ2) is 15.4. The van der Waals surface area contributed by atoms with Crippen LogP contribution in [-0.2, 0) is 0 Å². The number of benzene rings is 4. The topological polar surface area (TPSA) is 101 Å². The third kappa shape index (κ3) is 8.31. The first-order valence-electron chi connectivity index (χ1n) is 12.9. The van der Waals surface area contributed by atoms with Crippen molar-refractivity contribution in [3.63, 3.8) is 0 Å². The standard InChI is InChI=1S/C30H24F2N4O4.C2H6/c1-39-27-15-19(3-13-25(27)31)17-33-35-29(37)23-9-5-21(6-10-23)22-7-11-24(12-8-22)30(38)36-34-18-20-4-14-26(32)28(16-20)40-2;1-2/h3-18H,1-2H3,(H,35,37)(H,36,38);1-2H3/b33-17+,34-18+;. The van der Waals surface area contributed by atoms with Crippen LogP contribution in [0.1, 0.15) is 45.7 Å². The molecule has 0 atom stereocenters. The molecule has 0 aliphatic rings. The number of amides is 2. The number of rotatable bonds is 9. The highest BCUT2D eigenvalue weighted by atomic mass is 19.1. The van der Waals surface area contributed by atoms with Crippen molar-refractivity contribution in [3.8, 4) is 22.6 Å². The van der Waals surface area contributed by atoms with E-state index in [-0.39, 0.29) is 11.5 Å². The smallest absolute Gasteiger partial charge is 0.271 e. The van der Waals surface area contributed by atoms with Crippen molar-refractivity contribution >= 4 is 24.2 Å². The zero-order chi connectivity index (χ0) is 30.5. The normalized spacial score (nSPS) is 10.6. The van der Waals surface area contributed by atoms with Gasteiger partial charge in [-0.3, -0.25) is 9.59 Å². The summed E-state index contributed by atoms with van der Waals surface area (Å²) in [6.07, 6.45) is 2.77. The minimum Gasteiger partial charge on any atom is -0.494 e. The Morgan fingerprint density at radius 2 is 0.976 bits per heavy atom. The molecule has 10 heteroatoms. The molecule has 4 rings (SSSR count). The van der Waals surface area contributed by atoms with Crippen molar-refractivity contribution in [1.29, 1.82) is 0 Å². The fourth-order valence-corrected chi connectivity index (χ4v) is 3.60. The van der Waals surface area contributed by atoms with Crippen molar-refractivity contribution in [2.24, 2.45) is 10.2 Å². The minimum atomic E-state index is -0.490. The first kappa shape index (κ1) is 31.2. The Morgan fingerprint density at radius 3 is 1.31 bits per heavy atom. The molecule has 2 amide bonds. The van der Waals surface area contributed by atoms with E-state index >= 15 is 0 Å². The van der Waals surface area contributed by atoms with Gasteiger partial charge in [0.1, 0.15) is 0 Å². The zero-order valence-electron chi connectivity index (χ0n) is 23.5. The van der Waals surface area contributed by atoms with Crippen LogP contribution >= 0.6 is 0 Å². The van der Waals surface area contributed by atoms with E-state index in [2.05, 4.69) is 21.1 Å². The van der Waals surface area contributed by atoms with Crippen LogP contribution in [0.5, 0.6) is 11.5 Å². The van der Waals surface area contributed by atoms with E-state index < -0.39 is 23.4 Å². The highest BCUT2D eigenvalue weighted by Crippen LogP contribution is 2.21. The van der Waals surface area contributed by atoms with E-state index in [1.54, 1.807) is 48.5 Å². The van der Waals surface area contributed by atoms with Gasteiger partial charge in [0.25, 0.3) is 11.8 Å². The molecular weight excluding hydrogens is 542 g/mol. The summed E-state index contributed by atoms with van der Waals surface area (Å²) in [4.78, 5) is 24.8. The molecule has 4 aromatic carbocycles. The maximum absolute atomic E-state index is 13.5. The SMILES string of the molecule is CC.COc1cc(/C=N/NC(=O)c2ccc(-c3ccc(C(=O)N/N=C/c4ccc(F)c(OC)c4)cc3)cc2)ccc1F. The monoisotopic (exact) mass is 572 g/mol. The van der Waals surface area contributed by atoms with Gasteiger partial charge in [0.15, 0.2) is 23.1 Å². The largest absolute Gasteiger partial charge is 0.494 e. The van der Waals surface area contributed by atoms with E-state index in [1.165, 1.54) is 63.0 Å². The van der Waals surface area contributed by atoms with Crippen molar-refractivity contribution in [2.75, 3.05) is 14.2 Å². The predicted molar refractivity (Wildman–Crippen MR) is 159 cm³/mol. The van der Waals surface area contributed by atoms with Crippen LogP contribution in [0.15, 0.2) is 95.1 Å². The van der Waals surface area contributed by atoms with Gasteiger partial charge < -0.3 is 9.47 Å². The molecule has 0 saturated carbocycles. The lowest BCUT2D eigenvalue weighted by Crippen LogP contribution is -2.17. The van der Waals surface area contributed by atoms with Gasteiger partial charge in [0.05, 0.1) is 26.6 Å². The molecule has 0 aromatic heterocycles. The van der Waals surface area contributed by atoms with Gasteiger partial charge in [-0.05, 0) is 70.8 Å². The molecule has 216 valence electrons. The van der Waals surface area contributed by atoms with Crippen molar-refractivity contribution < 1.29 is 27.8 Å². The molecule has 0 aliphatic heterocycles. The Kier molecular flexibility index (Phi) is 11.4. The van der Waals surface area contributed by atoms with Crippen LogP contribution in [0.25, 0.3) is 11.1 Å². The molecular formula is C32H30F2N4O4. The number of halogens is 2. The number of nitrogens with zero attached hydrogens (tertiary/aromatic N) is 2. The molecule has 0 spiro atoms. The maximum atomic E-state index is 13.5. The lowest BCUT2D eigenvalue weighted by atomic mass is 10.0. The third-order valence-corrected chi connectivity index (χ3v) is 5.74. The number of ether oxygens (including phenoxy) is 2. The summed E-state index contributed by atoms with van der Waals surface area (Å²) in [5.41, 5.74) is 8.46. The van der Waals surface area contributed by atoms with E-state index in [0.29, 0.717) is 22.3 Å². The molecule has 4 aromatic rings. The summed E-state index contributed by atoms with van der Waals surface area (Å²) < 4.78 is 36.9. The highest BCUT2D eigenvalue weighted by molar-refractivity contribution is 5.96.